The van der Waals surface area contributed by atoms with Crippen LogP contribution in [0.25, 0.3) is 16.8 Å². The number of aromatic nitrogens is 7. The molecule has 25 heavy (non-hydrogen) atoms. The molecule has 4 aromatic heterocycles. The quantitative estimate of drug-likeness (QED) is 0.546. The van der Waals surface area contributed by atoms with Gasteiger partial charge in [-0.1, -0.05) is 6.07 Å². The Kier molecular flexibility index (Phi) is 3.20. The van der Waals surface area contributed by atoms with Crippen LogP contribution >= 0.6 is 0 Å². The molecule has 0 fully saturated rings. The third kappa shape index (κ3) is 2.22. The van der Waals surface area contributed by atoms with Crippen molar-refractivity contribution in [3.8, 4) is 0 Å². The molecule has 1 N–H and O–H groups in total. The molecular formula is C15H16N8O2. The lowest BCUT2D eigenvalue weighted by molar-refractivity contribution is 0.769. The Labute approximate surface area is 141 Å². The number of nitrogens with one attached hydrogen (secondary N) is 1. The second kappa shape index (κ2) is 5.30. The molecule has 0 aliphatic carbocycles. The lowest BCUT2D eigenvalue weighted by Crippen LogP contribution is -2.29. The molecule has 0 saturated carbocycles. The first-order valence-electron chi connectivity index (χ1n) is 7.63. The van der Waals surface area contributed by atoms with Gasteiger partial charge in [-0.05, 0) is 12.1 Å². The number of aromatic amines is 1. The van der Waals surface area contributed by atoms with Gasteiger partial charge in [-0.15, -0.1) is 10.2 Å². The van der Waals surface area contributed by atoms with Crippen LogP contribution in [0.4, 0.5) is 5.95 Å². The van der Waals surface area contributed by atoms with Gasteiger partial charge >= 0.3 is 5.69 Å². The number of nitrogens with zero attached hydrogens (tertiary/aromatic N) is 7. The molecule has 0 unspecified atom stereocenters. The fraction of sp³-hybridized carbons (Fsp3) is 0.267. The maximum absolute atomic E-state index is 12.1. The van der Waals surface area contributed by atoms with Crippen LogP contribution in [0.5, 0.6) is 0 Å². The zero-order valence-electron chi connectivity index (χ0n) is 14.0. The lowest BCUT2D eigenvalue weighted by atomic mass is 10.4. The highest BCUT2D eigenvalue weighted by Gasteiger charge is 2.18. The number of aryl methyl sites for hydroxylation is 2. The van der Waals surface area contributed by atoms with Crippen LogP contribution in [0.1, 0.15) is 5.82 Å². The Morgan fingerprint density at radius 3 is 2.76 bits per heavy atom. The van der Waals surface area contributed by atoms with E-state index in [1.54, 1.807) is 18.7 Å². The van der Waals surface area contributed by atoms with Gasteiger partial charge in [0.05, 0.1) is 6.54 Å². The molecule has 0 aromatic carbocycles. The van der Waals surface area contributed by atoms with Crippen LogP contribution in [-0.4, -0.2) is 40.7 Å². The molecule has 4 rings (SSSR count). The molecule has 4 aromatic rings. The second-order valence-electron chi connectivity index (χ2n) is 5.86. The first-order valence-corrected chi connectivity index (χ1v) is 7.63. The smallest absolute Gasteiger partial charge is 0.329 e. The normalized spacial score (nSPS) is 11.5. The number of anilines is 1. The fourth-order valence-corrected chi connectivity index (χ4v) is 2.92. The number of pyridine rings is 1. The van der Waals surface area contributed by atoms with E-state index < -0.39 is 11.2 Å². The van der Waals surface area contributed by atoms with Crippen molar-refractivity contribution in [2.75, 3.05) is 11.9 Å². The Balaban J connectivity index is 1.80. The zero-order chi connectivity index (χ0) is 17.7. The summed E-state index contributed by atoms with van der Waals surface area (Å²) in [7, 11) is 5.16. The minimum Gasteiger partial charge on any atom is -0.338 e. The molecule has 10 nitrogen and oxygen atoms in total. The van der Waals surface area contributed by atoms with Crippen LogP contribution in [0.2, 0.25) is 0 Å². The third-order valence-electron chi connectivity index (χ3n) is 4.22. The van der Waals surface area contributed by atoms with Gasteiger partial charge in [-0.3, -0.25) is 18.7 Å². The molecule has 0 radical (unpaired) electrons. The number of hydrogen-bond donors (Lipinski definition) is 1. The minimum absolute atomic E-state index is 0.337. The Hall–Kier alpha value is -3.43. The molecule has 4 heterocycles. The van der Waals surface area contributed by atoms with E-state index in [4.69, 9.17) is 0 Å². The van der Waals surface area contributed by atoms with Gasteiger partial charge in [-0.2, -0.15) is 4.98 Å². The Morgan fingerprint density at radius 1 is 1.16 bits per heavy atom. The number of H-pyrrole nitrogens is 1. The molecule has 0 aliphatic rings. The van der Waals surface area contributed by atoms with Crippen molar-refractivity contribution >= 4 is 22.8 Å². The number of hydrogen-bond acceptors (Lipinski definition) is 6. The van der Waals surface area contributed by atoms with Gasteiger partial charge in [0.25, 0.3) is 5.56 Å². The van der Waals surface area contributed by atoms with Crippen LogP contribution in [-0.2, 0) is 20.6 Å². The summed E-state index contributed by atoms with van der Waals surface area (Å²) in [6.07, 6.45) is 1.89. The summed E-state index contributed by atoms with van der Waals surface area (Å²) in [6.45, 7) is 0.439. The summed E-state index contributed by atoms with van der Waals surface area (Å²) < 4.78 is 4.87. The van der Waals surface area contributed by atoms with E-state index in [0.717, 1.165) is 11.5 Å². The first-order chi connectivity index (χ1) is 12.0. The maximum atomic E-state index is 12.1. The monoisotopic (exact) mass is 340 g/mol. The van der Waals surface area contributed by atoms with Crippen molar-refractivity contribution in [3.05, 3.63) is 51.1 Å². The van der Waals surface area contributed by atoms with Crippen molar-refractivity contribution in [2.24, 2.45) is 14.1 Å². The van der Waals surface area contributed by atoms with Crippen molar-refractivity contribution in [1.29, 1.82) is 0 Å². The predicted octanol–water partition coefficient (Wildman–Crippen LogP) is -0.361. The summed E-state index contributed by atoms with van der Waals surface area (Å²) in [5, 5.41) is 8.33. The second-order valence-corrected chi connectivity index (χ2v) is 5.86. The minimum atomic E-state index is -0.492. The summed E-state index contributed by atoms with van der Waals surface area (Å²) in [4.78, 5) is 32.5. The van der Waals surface area contributed by atoms with Gasteiger partial charge in [0, 0.05) is 27.3 Å². The predicted molar refractivity (Wildman–Crippen MR) is 91.7 cm³/mol. The molecule has 128 valence electrons. The van der Waals surface area contributed by atoms with Gasteiger partial charge in [0.2, 0.25) is 5.95 Å². The van der Waals surface area contributed by atoms with E-state index in [1.807, 2.05) is 40.7 Å². The zero-order valence-corrected chi connectivity index (χ0v) is 14.0. The maximum Gasteiger partial charge on any atom is 0.329 e. The van der Waals surface area contributed by atoms with Gasteiger partial charge < -0.3 is 9.47 Å². The highest BCUT2D eigenvalue weighted by molar-refractivity contribution is 5.74. The first kappa shape index (κ1) is 15.1. The van der Waals surface area contributed by atoms with Gasteiger partial charge in [-0.25, -0.2) is 4.79 Å². The molecule has 0 bridgehead atoms. The number of rotatable bonds is 3. The van der Waals surface area contributed by atoms with Crippen molar-refractivity contribution in [2.45, 2.75) is 6.54 Å². The van der Waals surface area contributed by atoms with Crippen LogP contribution in [0.3, 0.4) is 0 Å². The molecule has 0 amide bonds. The van der Waals surface area contributed by atoms with Crippen LogP contribution < -0.4 is 16.1 Å². The van der Waals surface area contributed by atoms with Gasteiger partial charge in [0.15, 0.2) is 22.6 Å². The summed E-state index contributed by atoms with van der Waals surface area (Å²) in [5.41, 5.74) is 0.489. The number of imidazole rings is 1. The molecule has 10 heteroatoms. The Bertz CT molecular complexity index is 1210. The average molecular weight is 340 g/mol. The average Bonchev–Trinajstić information content (AvgIpc) is 3.15. The van der Waals surface area contributed by atoms with E-state index in [1.165, 1.54) is 4.57 Å². The van der Waals surface area contributed by atoms with Crippen LogP contribution in [0, 0.1) is 0 Å². The van der Waals surface area contributed by atoms with E-state index in [2.05, 4.69) is 20.2 Å². The summed E-state index contributed by atoms with van der Waals surface area (Å²) in [6, 6.07) is 5.68. The van der Waals surface area contributed by atoms with E-state index in [0.29, 0.717) is 23.7 Å². The van der Waals surface area contributed by atoms with E-state index in [9.17, 15) is 9.59 Å². The SMILES string of the molecule is CN(Cc1nnc2ccccn12)c1nc2c(c(=O)[nH]c(=O)n2C)n1C. The highest BCUT2D eigenvalue weighted by Crippen LogP contribution is 2.18. The third-order valence-corrected chi connectivity index (χ3v) is 4.22. The topological polar surface area (TPSA) is 106 Å². The van der Waals surface area contributed by atoms with E-state index in [-0.39, 0.29) is 0 Å². The van der Waals surface area contributed by atoms with Gasteiger partial charge in [0.1, 0.15) is 0 Å². The molecule has 0 saturated heterocycles. The van der Waals surface area contributed by atoms with E-state index >= 15 is 0 Å². The molecule has 0 spiro atoms. The Morgan fingerprint density at radius 2 is 1.96 bits per heavy atom. The number of fused-ring (bicyclic) bond motifs is 2. The standard InChI is InChI=1S/C15H16N8O2/c1-20(8-10-19-18-9-6-4-5-7-23(9)10)14-16-12-11(21(14)2)13(24)17-15(25)22(12)3/h4-7H,8H2,1-3H3,(H,17,24,25). The van der Waals surface area contributed by atoms with Crippen molar-refractivity contribution < 1.29 is 0 Å². The van der Waals surface area contributed by atoms with Crippen LogP contribution in [0.15, 0.2) is 34.0 Å². The molecule has 0 aliphatic heterocycles. The fourth-order valence-electron chi connectivity index (χ4n) is 2.92. The summed E-state index contributed by atoms with van der Waals surface area (Å²) in [5.74, 6) is 1.29. The molecule has 0 atom stereocenters. The summed E-state index contributed by atoms with van der Waals surface area (Å²) >= 11 is 0. The van der Waals surface area contributed by atoms with Crippen molar-refractivity contribution in [1.82, 2.24) is 33.7 Å². The largest absolute Gasteiger partial charge is 0.338 e. The van der Waals surface area contributed by atoms with Crippen molar-refractivity contribution in [3.63, 3.8) is 0 Å². The lowest BCUT2D eigenvalue weighted by Gasteiger charge is -2.16. The molecular weight excluding hydrogens is 324 g/mol. The highest BCUT2D eigenvalue weighted by atomic mass is 16.2.